The molecule has 1 heterocycles. The maximum absolute atomic E-state index is 5.79. The monoisotopic (exact) mass is 266 g/mol. The highest BCUT2D eigenvalue weighted by Crippen LogP contribution is 2.39. The Labute approximate surface area is 121 Å². The number of fused-ring (bicyclic) bond motifs is 1. The van der Waals surface area contributed by atoms with Crippen LogP contribution < -0.4 is 10.6 Å². The fourth-order valence-electron chi connectivity index (χ4n) is 3.24. The second-order valence-corrected chi connectivity index (χ2v) is 5.72. The summed E-state index contributed by atoms with van der Waals surface area (Å²) in [6.45, 7) is 5.14. The second kappa shape index (κ2) is 5.29. The molecule has 0 saturated carbocycles. The van der Waals surface area contributed by atoms with E-state index in [4.69, 9.17) is 5.73 Å². The molecule has 0 radical (unpaired) electrons. The van der Waals surface area contributed by atoms with Crippen LogP contribution in [0.4, 0.5) is 11.4 Å². The van der Waals surface area contributed by atoms with Gasteiger partial charge < -0.3 is 10.6 Å². The van der Waals surface area contributed by atoms with Gasteiger partial charge in [-0.25, -0.2) is 0 Å². The molecule has 0 aliphatic carbocycles. The van der Waals surface area contributed by atoms with Crippen LogP contribution in [0, 0.1) is 6.92 Å². The molecule has 0 saturated heterocycles. The number of nitrogens with zero attached hydrogens (tertiary/aromatic N) is 1. The number of rotatable bonds is 3. The van der Waals surface area contributed by atoms with Crippen molar-refractivity contribution in [1.82, 2.24) is 0 Å². The van der Waals surface area contributed by atoms with E-state index in [-0.39, 0.29) is 0 Å². The smallest absolute Gasteiger partial charge is 0.0446 e. The zero-order chi connectivity index (χ0) is 14.1. The predicted octanol–water partition coefficient (Wildman–Crippen LogP) is 3.58. The van der Waals surface area contributed by atoms with Gasteiger partial charge in [-0.15, -0.1) is 0 Å². The van der Waals surface area contributed by atoms with E-state index in [1.807, 2.05) is 0 Å². The molecule has 0 aromatic heterocycles. The Balaban J connectivity index is 2.09. The van der Waals surface area contributed by atoms with Crippen LogP contribution in [-0.2, 0) is 12.8 Å². The van der Waals surface area contributed by atoms with Gasteiger partial charge in [0.2, 0.25) is 0 Å². The van der Waals surface area contributed by atoms with Gasteiger partial charge >= 0.3 is 0 Å². The van der Waals surface area contributed by atoms with E-state index < -0.39 is 0 Å². The summed E-state index contributed by atoms with van der Waals surface area (Å²) in [6.07, 6.45) is 2.05. The third-order valence-corrected chi connectivity index (χ3v) is 4.12. The highest BCUT2D eigenvalue weighted by molar-refractivity contribution is 5.73. The molecule has 0 spiro atoms. The third-order valence-electron chi connectivity index (χ3n) is 4.12. The largest absolute Gasteiger partial charge is 0.338 e. The average Bonchev–Trinajstić information content (AvgIpc) is 2.76. The lowest BCUT2D eigenvalue weighted by Gasteiger charge is -2.28. The van der Waals surface area contributed by atoms with Gasteiger partial charge in [0.25, 0.3) is 0 Å². The minimum Gasteiger partial charge on any atom is -0.338 e. The van der Waals surface area contributed by atoms with Crippen molar-refractivity contribution in [2.75, 3.05) is 11.4 Å². The first-order valence-corrected chi connectivity index (χ1v) is 7.37. The SMILES string of the molecule is Cc1ccc(N2c3ccccc3CC2C)c(CCN)c1. The van der Waals surface area contributed by atoms with Crippen molar-refractivity contribution in [3.05, 3.63) is 59.2 Å². The fraction of sp³-hybridized carbons (Fsp3) is 0.333. The summed E-state index contributed by atoms with van der Waals surface area (Å²) in [4.78, 5) is 2.47. The number of nitrogens with two attached hydrogens (primary N) is 1. The molecule has 0 amide bonds. The average molecular weight is 266 g/mol. The molecule has 2 N–H and O–H groups in total. The van der Waals surface area contributed by atoms with Crippen molar-refractivity contribution in [3.8, 4) is 0 Å². The molecular formula is C18H22N2. The standard InChI is InChI=1S/C18H22N2/c1-13-7-8-18(16(11-13)9-10-19)20-14(2)12-15-5-3-4-6-17(15)20/h3-8,11,14H,9-10,12,19H2,1-2H3. The maximum Gasteiger partial charge on any atom is 0.0446 e. The molecule has 0 fully saturated rings. The number of aryl methyl sites for hydroxylation is 1. The molecule has 1 unspecified atom stereocenters. The highest BCUT2D eigenvalue weighted by Gasteiger charge is 2.27. The topological polar surface area (TPSA) is 29.3 Å². The van der Waals surface area contributed by atoms with E-state index in [1.165, 1.54) is 28.1 Å². The van der Waals surface area contributed by atoms with Gasteiger partial charge in [-0.2, -0.15) is 0 Å². The van der Waals surface area contributed by atoms with Crippen LogP contribution in [0.25, 0.3) is 0 Å². The van der Waals surface area contributed by atoms with Crippen LogP contribution in [0.2, 0.25) is 0 Å². The minimum absolute atomic E-state index is 0.506. The van der Waals surface area contributed by atoms with Gasteiger partial charge in [-0.05, 0) is 56.5 Å². The molecule has 2 aromatic carbocycles. The van der Waals surface area contributed by atoms with E-state index in [0.29, 0.717) is 12.6 Å². The molecule has 2 aromatic rings. The van der Waals surface area contributed by atoms with Crippen LogP contribution in [0.5, 0.6) is 0 Å². The first-order chi connectivity index (χ1) is 9.70. The Kier molecular flexibility index (Phi) is 3.49. The lowest BCUT2D eigenvalue weighted by atomic mass is 10.0. The van der Waals surface area contributed by atoms with E-state index in [2.05, 4.69) is 61.2 Å². The predicted molar refractivity (Wildman–Crippen MR) is 85.7 cm³/mol. The second-order valence-electron chi connectivity index (χ2n) is 5.72. The van der Waals surface area contributed by atoms with Crippen LogP contribution in [0.1, 0.15) is 23.6 Å². The Morgan fingerprint density at radius 2 is 1.95 bits per heavy atom. The zero-order valence-corrected chi connectivity index (χ0v) is 12.3. The van der Waals surface area contributed by atoms with Gasteiger partial charge in [0.15, 0.2) is 0 Å². The Bertz CT molecular complexity index is 619. The number of para-hydroxylation sites is 1. The van der Waals surface area contributed by atoms with Crippen molar-refractivity contribution < 1.29 is 0 Å². The van der Waals surface area contributed by atoms with Crippen LogP contribution in [-0.4, -0.2) is 12.6 Å². The number of hydrogen-bond acceptors (Lipinski definition) is 2. The Morgan fingerprint density at radius 3 is 2.75 bits per heavy atom. The van der Waals surface area contributed by atoms with Gasteiger partial charge in [0.1, 0.15) is 0 Å². The van der Waals surface area contributed by atoms with Gasteiger partial charge in [-0.3, -0.25) is 0 Å². The first kappa shape index (κ1) is 13.2. The molecule has 1 aliphatic heterocycles. The van der Waals surface area contributed by atoms with Crippen molar-refractivity contribution in [3.63, 3.8) is 0 Å². The summed E-state index contributed by atoms with van der Waals surface area (Å²) in [7, 11) is 0. The molecule has 104 valence electrons. The van der Waals surface area contributed by atoms with Gasteiger partial charge in [0.05, 0.1) is 0 Å². The van der Waals surface area contributed by atoms with Gasteiger partial charge in [0, 0.05) is 17.4 Å². The van der Waals surface area contributed by atoms with E-state index >= 15 is 0 Å². The highest BCUT2D eigenvalue weighted by atomic mass is 15.2. The lowest BCUT2D eigenvalue weighted by molar-refractivity contribution is 0.754. The summed E-state index contributed by atoms with van der Waals surface area (Å²) in [5.74, 6) is 0. The molecule has 1 atom stereocenters. The van der Waals surface area contributed by atoms with Crippen LogP contribution in [0.15, 0.2) is 42.5 Å². The van der Waals surface area contributed by atoms with E-state index in [1.54, 1.807) is 0 Å². The summed E-state index contributed by atoms with van der Waals surface area (Å²) >= 11 is 0. The van der Waals surface area contributed by atoms with Crippen LogP contribution in [0.3, 0.4) is 0 Å². The number of anilines is 2. The summed E-state index contributed by atoms with van der Waals surface area (Å²) < 4.78 is 0. The Hall–Kier alpha value is -1.80. The normalized spacial score (nSPS) is 17.4. The molecule has 2 heteroatoms. The van der Waals surface area contributed by atoms with Crippen molar-refractivity contribution in [2.24, 2.45) is 5.73 Å². The molecule has 2 nitrogen and oxygen atoms in total. The molecule has 3 rings (SSSR count). The lowest BCUT2D eigenvalue weighted by Crippen LogP contribution is -2.25. The van der Waals surface area contributed by atoms with Crippen molar-refractivity contribution in [2.45, 2.75) is 32.7 Å². The quantitative estimate of drug-likeness (QED) is 0.920. The number of benzene rings is 2. The Morgan fingerprint density at radius 1 is 1.15 bits per heavy atom. The van der Waals surface area contributed by atoms with Crippen molar-refractivity contribution >= 4 is 11.4 Å². The minimum atomic E-state index is 0.506. The van der Waals surface area contributed by atoms with Gasteiger partial charge in [-0.1, -0.05) is 35.9 Å². The van der Waals surface area contributed by atoms with E-state index in [0.717, 1.165) is 12.8 Å². The molecule has 20 heavy (non-hydrogen) atoms. The molecule has 0 bridgehead atoms. The van der Waals surface area contributed by atoms with Crippen molar-refractivity contribution in [1.29, 1.82) is 0 Å². The third kappa shape index (κ3) is 2.20. The molecule has 1 aliphatic rings. The maximum atomic E-state index is 5.79. The zero-order valence-electron chi connectivity index (χ0n) is 12.3. The summed E-state index contributed by atoms with van der Waals surface area (Å²) in [5.41, 5.74) is 12.6. The summed E-state index contributed by atoms with van der Waals surface area (Å²) in [5, 5.41) is 0. The fourth-order valence-corrected chi connectivity index (χ4v) is 3.24. The van der Waals surface area contributed by atoms with Crippen LogP contribution >= 0.6 is 0 Å². The molecular weight excluding hydrogens is 244 g/mol. The number of hydrogen-bond donors (Lipinski definition) is 1. The summed E-state index contributed by atoms with van der Waals surface area (Å²) in [6, 6.07) is 15.9. The van der Waals surface area contributed by atoms with E-state index in [9.17, 15) is 0 Å². The first-order valence-electron chi connectivity index (χ1n) is 7.37.